The smallest absolute Gasteiger partial charge is 0.240 e. The molecule has 1 aromatic carbocycles. The highest BCUT2D eigenvalue weighted by atomic mass is 16.5. The highest BCUT2D eigenvalue weighted by Gasteiger charge is 2.31. The number of carbonyl (C=O) groups excluding carboxylic acids is 1. The summed E-state index contributed by atoms with van der Waals surface area (Å²) in [7, 11) is 0. The van der Waals surface area contributed by atoms with E-state index < -0.39 is 6.04 Å². The summed E-state index contributed by atoms with van der Waals surface area (Å²) < 4.78 is 5.80. The number of fused-ring (bicyclic) bond motifs is 1. The number of hydrogen-bond acceptors (Lipinski definition) is 6. The number of nitrogens with one attached hydrogen (secondary N) is 1. The van der Waals surface area contributed by atoms with Gasteiger partial charge in [0.15, 0.2) is 0 Å². The van der Waals surface area contributed by atoms with Crippen molar-refractivity contribution in [2.24, 2.45) is 5.73 Å². The fourth-order valence-electron chi connectivity index (χ4n) is 3.72. The van der Waals surface area contributed by atoms with E-state index in [0.29, 0.717) is 36.6 Å². The topological polar surface area (TPSA) is 132 Å². The molecule has 0 radical (unpaired) electrons. The van der Waals surface area contributed by atoms with Gasteiger partial charge in [-0.15, -0.1) is 0 Å². The first-order chi connectivity index (χ1) is 14.6. The van der Waals surface area contributed by atoms with Crippen LogP contribution in [0.4, 0.5) is 0 Å². The number of amides is 1. The maximum Gasteiger partial charge on any atom is 0.240 e. The molecule has 8 nitrogen and oxygen atoms in total. The maximum atomic E-state index is 12.7. The number of hydrogen-bond donors (Lipinski definition) is 2. The summed E-state index contributed by atoms with van der Waals surface area (Å²) >= 11 is 0. The van der Waals surface area contributed by atoms with Gasteiger partial charge in [0.25, 0.3) is 0 Å². The zero-order valence-corrected chi connectivity index (χ0v) is 16.2. The van der Waals surface area contributed by atoms with Gasteiger partial charge in [-0.1, -0.05) is 0 Å². The third-order valence-electron chi connectivity index (χ3n) is 5.27. The molecule has 30 heavy (non-hydrogen) atoms. The number of H-pyrrole nitrogens is 1. The summed E-state index contributed by atoms with van der Waals surface area (Å²) in [6.45, 7) is 0.578. The molecule has 1 saturated heterocycles. The zero-order chi connectivity index (χ0) is 21.1. The molecule has 0 bridgehead atoms. The van der Waals surface area contributed by atoms with Crippen LogP contribution in [-0.4, -0.2) is 39.4 Å². The minimum atomic E-state index is -0.720. The fourth-order valence-corrected chi connectivity index (χ4v) is 3.72. The maximum absolute atomic E-state index is 12.7. The Balaban J connectivity index is 1.52. The Hall–Kier alpha value is -3.88. The van der Waals surface area contributed by atoms with Crippen LogP contribution >= 0.6 is 0 Å². The Kier molecular flexibility index (Phi) is 5.34. The van der Waals surface area contributed by atoms with Crippen LogP contribution in [-0.2, 0) is 11.2 Å². The second-order valence-corrected chi connectivity index (χ2v) is 7.25. The Morgan fingerprint density at radius 2 is 2.23 bits per heavy atom. The molecule has 0 aliphatic carbocycles. The first-order valence-corrected chi connectivity index (χ1v) is 9.68. The van der Waals surface area contributed by atoms with Crippen molar-refractivity contribution in [3.05, 3.63) is 53.9 Å². The van der Waals surface area contributed by atoms with Gasteiger partial charge < -0.3 is 20.4 Å². The number of nitriles is 2. The Morgan fingerprint density at radius 3 is 2.97 bits per heavy atom. The summed E-state index contributed by atoms with van der Waals surface area (Å²) in [5.74, 6) is 0.779. The number of pyridine rings is 1. The number of nitrogens with two attached hydrogens (primary N) is 1. The monoisotopic (exact) mass is 400 g/mol. The van der Waals surface area contributed by atoms with Crippen LogP contribution in [0.1, 0.15) is 24.0 Å². The Bertz CT molecular complexity index is 1160. The molecular weight excluding hydrogens is 380 g/mol. The van der Waals surface area contributed by atoms with E-state index in [9.17, 15) is 10.1 Å². The van der Waals surface area contributed by atoms with Crippen molar-refractivity contribution in [3.8, 4) is 23.8 Å². The lowest BCUT2D eigenvalue weighted by atomic mass is 10.0. The number of carbonyl (C=O) groups is 1. The molecule has 3 heterocycles. The average molecular weight is 400 g/mol. The minimum absolute atomic E-state index is 0.192. The van der Waals surface area contributed by atoms with Gasteiger partial charge in [-0.25, -0.2) is 4.98 Å². The number of rotatable bonds is 5. The molecule has 3 aromatic rings. The molecule has 0 saturated carbocycles. The van der Waals surface area contributed by atoms with E-state index in [1.54, 1.807) is 17.0 Å². The van der Waals surface area contributed by atoms with Crippen molar-refractivity contribution in [1.29, 1.82) is 10.5 Å². The van der Waals surface area contributed by atoms with Crippen molar-refractivity contribution in [2.75, 3.05) is 6.54 Å². The predicted molar refractivity (Wildman–Crippen MR) is 109 cm³/mol. The fraction of sp³-hybridized carbons (Fsp3) is 0.273. The molecular formula is C22H20N6O2. The highest BCUT2D eigenvalue weighted by molar-refractivity contribution is 5.87. The molecule has 3 N–H and O–H groups in total. The molecule has 1 fully saturated rings. The first-order valence-electron chi connectivity index (χ1n) is 9.68. The van der Waals surface area contributed by atoms with Gasteiger partial charge >= 0.3 is 0 Å². The third kappa shape index (κ3) is 3.82. The third-order valence-corrected chi connectivity index (χ3v) is 5.27. The molecule has 1 unspecified atom stereocenters. The van der Waals surface area contributed by atoms with Gasteiger partial charge in [-0.05, 0) is 49.1 Å². The van der Waals surface area contributed by atoms with Crippen LogP contribution in [0.3, 0.4) is 0 Å². The molecule has 8 heteroatoms. The number of likely N-dealkylation sites (tertiary alicyclic amines) is 1. The van der Waals surface area contributed by atoms with Gasteiger partial charge in [0.1, 0.15) is 17.9 Å². The van der Waals surface area contributed by atoms with Crippen LogP contribution in [0.25, 0.3) is 10.9 Å². The van der Waals surface area contributed by atoms with Crippen molar-refractivity contribution in [1.82, 2.24) is 14.9 Å². The van der Waals surface area contributed by atoms with Crippen LogP contribution in [0.5, 0.6) is 11.6 Å². The number of ether oxygens (including phenoxy) is 1. The number of nitrogens with zero attached hydrogens (tertiary/aromatic N) is 4. The SMILES string of the molecule is N#Cc1ccc(Oc2ccc3[nH]cc(C[C@H](N)C(=O)N4CCCC4C#N)c3c2)nc1. The van der Waals surface area contributed by atoms with E-state index in [1.807, 2.05) is 30.5 Å². The Morgan fingerprint density at radius 1 is 1.37 bits per heavy atom. The van der Waals surface area contributed by atoms with E-state index in [0.717, 1.165) is 22.9 Å². The summed E-state index contributed by atoms with van der Waals surface area (Å²) in [5.41, 5.74) is 8.47. The van der Waals surface area contributed by atoms with Crippen LogP contribution in [0.15, 0.2) is 42.7 Å². The van der Waals surface area contributed by atoms with Crippen molar-refractivity contribution in [3.63, 3.8) is 0 Å². The molecule has 1 aliphatic rings. The average Bonchev–Trinajstić information content (AvgIpc) is 3.40. The van der Waals surface area contributed by atoms with Crippen LogP contribution in [0.2, 0.25) is 0 Å². The normalized spacial score (nSPS) is 16.8. The lowest BCUT2D eigenvalue weighted by Crippen LogP contribution is -2.46. The van der Waals surface area contributed by atoms with E-state index in [1.165, 1.54) is 6.20 Å². The second kappa shape index (κ2) is 8.24. The predicted octanol–water partition coefficient (Wildman–Crippen LogP) is 2.61. The van der Waals surface area contributed by atoms with Gasteiger partial charge in [0.2, 0.25) is 11.8 Å². The van der Waals surface area contributed by atoms with Gasteiger partial charge in [0, 0.05) is 35.9 Å². The lowest BCUT2D eigenvalue weighted by molar-refractivity contribution is -0.132. The molecule has 0 spiro atoms. The molecule has 1 aliphatic heterocycles. The molecule has 1 amide bonds. The molecule has 150 valence electrons. The number of aromatic amines is 1. The zero-order valence-electron chi connectivity index (χ0n) is 16.2. The molecule has 4 rings (SSSR count). The van der Waals surface area contributed by atoms with Gasteiger partial charge in [0.05, 0.1) is 17.7 Å². The summed E-state index contributed by atoms with van der Waals surface area (Å²) in [6, 6.07) is 11.9. The van der Waals surface area contributed by atoms with E-state index in [-0.39, 0.29) is 11.9 Å². The lowest BCUT2D eigenvalue weighted by Gasteiger charge is -2.23. The number of benzene rings is 1. The van der Waals surface area contributed by atoms with E-state index in [4.69, 9.17) is 15.7 Å². The van der Waals surface area contributed by atoms with Crippen molar-refractivity contribution < 1.29 is 9.53 Å². The quantitative estimate of drug-likeness (QED) is 0.676. The van der Waals surface area contributed by atoms with Crippen molar-refractivity contribution >= 4 is 16.8 Å². The van der Waals surface area contributed by atoms with Crippen molar-refractivity contribution in [2.45, 2.75) is 31.3 Å². The van der Waals surface area contributed by atoms with E-state index >= 15 is 0 Å². The van der Waals surface area contributed by atoms with E-state index in [2.05, 4.69) is 16.0 Å². The molecule has 2 atom stereocenters. The largest absolute Gasteiger partial charge is 0.439 e. The number of aromatic nitrogens is 2. The summed E-state index contributed by atoms with van der Waals surface area (Å²) in [6.07, 6.45) is 5.17. The summed E-state index contributed by atoms with van der Waals surface area (Å²) in [5, 5.41) is 19.0. The van der Waals surface area contributed by atoms with Crippen LogP contribution in [0, 0.1) is 22.7 Å². The highest BCUT2D eigenvalue weighted by Crippen LogP contribution is 2.28. The Labute approximate surface area is 173 Å². The minimum Gasteiger partial charge on any atom is -0.439 e. The second-order valence-electron chi connectivity index (χ2n) is 7.25. The standard InChI is InChI=1S/C22H20N6O2/c23-10-14-3-6-21(27-12-14)30-17-4-5-20-18(9-17)15(13-26-20)8-19(25)22(29)28-7-1-2-16(28)11-24/h3-6,9,12-13,16,19,26H,1-2,7-8,25H2/t16?,19-/m0/s1. The summed E-state index contributed by atoms with van der Waals surface area (Å²) in [4.78, 5) is 21.6. The first kappa shape index (κ1) is 19.4. The van der Waals surface area contributed by atoms with Gasteiger partial charge in [-0.3, -0.25) is 4.79 Å². The molecule has 2 aromatic heterocycles. The van der Waals surface area contributed by atoms with Crippen LogP contribution < -0.4 is 10.5 Å². The van der Waals surface area contributed by atoms with Gasteiger partial charge in [-0.2, -0.15) is 10.5 Å².